The maximum atomic E-state index is 10.4. The van der Waals surface area contributed by atoms with Gasteiger partial charge in [-0.25, -0.2) is 9.59 Å². The average molecular weight is 204 g/mol. The van der Waals surface area contributed by atoms with E-state index in [4.69, 9.17) is 0 Å². The maximum Gasteiger partial charge on any atom is 0.240 e. The molecule has 78 valence electrons. The fourth-order valence-corrected chi connectivity index (χ4v) is 1.60. The Kier molecular flexibility index (Phi) is 3.15. The molecule has 15 heavy (non-hydrogen) atoms. The number of carbonyl (C=O) groups excluding carboxylic acids is 2. The van der Waals surface area contributed by atoms with Gasteiger partial charge in [-0.2, -0.15) is 9.98 Å². The van der Waals surface area contributed by atoms with Gasteiger partial charge in [-0.05, 0) is 25.5 Å². The predicted molar refractivity (Wildman–Crippen MR) is 55.7 cm³/mol. The van der Waals surface area contributed by atoms with E-state index in [9.17, 15) is 9.59 Å². The Bertz CT molecular complexity index is 424. The van der Waals surface area contributed by atoms with E-state index in [1.54, 1.807) is 18.2 Å². The summed E-state index contributed by atoms with van der Waals surface area (Å²) < 4.78 is 0. The number of hydrogen-bond donors (Lipinski definition) is 0. The zero-order chi connectivity index (χ0) is 11.5. The summed E-state index contributed by atoms with van der Waals surface area (Å²) >= 11 is 0. The molecule has 4 heteroatoms. The summed E-state index contributed by atoms with van der Waals surface area (Å²) in [5.41, 5.74) is 0.868. The van der Waals surface area contributed by atoms with E-state index in [0.29, 0.717) is 5.70 Å². The first-order valence-electron chi connectivity index (χ1n) is 4.62. The molecule has 1 aliphatic rings. The second-order valence-electron chi connectivity index (χ2n) is 3.76. The van der Waals surface area contributed by atoms with Gasteiger partial charge in [-0.3, -0.25) is 0 Å². The topological polar surface area (TPSA) is 58.9 Å². The van der Waals surface area contributed by atoms with Crippen LogP contribution in [0.4, 0.5) is 0 Å². The Morgan fingerprint density at radius 1 is 1.40 bits per heavy atom. The molecule has 1 rings (SSSR count). The van der Waals surface area contributed by atoms with Gasteiger partial charge < -0.3 is 0 Å². The number of aliphatic imine (C=N–C) groups is 2. The SMILES string of the molecule is CC1=CC(N=C=O)=CC(C)C1(C)N=C=O. The van der Waals surface area contributed by atoms with E-state index < -0.39 is 5.54 Å². The predicted octanol–water partition coefficient (Wildman–Crippen LogP) is 1.90. The third-order valence-corrected chi connectivity index (χ3v) is 2.92. The fraction of sp³-hybridized carbons (Fsp3) is 0.455. The molecule has 2 atom stereocenters. The second kappa shape index (κ2) is 4.18. The molecule has 4 nitrogen and oxygen atoms in total. The number of hydrogen-bond acceptors (Lipinski definition) is 4. The van der Waals surface area contributed by atoms with E-state index in [1.165, 1.54) is 6.08 Å². The summed E-state index contributed by atoms with van der Waals surface area (Å²) in [5, 5.41) is 0. The molecule has 0 saturated heterocycles. The highest BCUT2D eigenvalue weighted by Gasteiger charge is 2.34. The first-order chi connectivity index (χ1) is 7.04. The van der Waals surface area contributed by atoms with Crippen LogP contribution >= 0.6 is 0 Å². The van der Waals surface area contributed by atoms with E-state index in [-0.39, 0.29) is 5.92 Å². The third kappa shape index (κ3) is 2.01. The lowest BCUT2D eigenvalue weighted by atomic mass is 9.77. The van der Waals surface area contributed by atoms with Crippen LogP contribution in [-0.4, -0.2) is 17.7 Å². The monoisotopic (exact) mass is 204 g/mol. The molecular weight excluding hydrogens is 192 g/mol. The standard InChI is InChI=1S/C11H12N2O2/c1-8-4-10(12-6-14)5-9(2)11(8,3)13-7-15/h4-5,8H,1-3H3. The first-order valence-corrected chi connectivity index (χ1v) is 4.62. The molecule has 0 bridgehead atoms. The van der Waals surface area contributed by atoms with Gasteiger partial charge in [0.1, 0.15) is 0 Å². The van der Waals surface area contributed by atoms with Crippen LogP contribution in [0.1, 0.15) is 20.8 Å². The molecule has 0 radical (unpaired) electrons. The largest absolute Gasteiger partial charge is 0.240 e. The molecule has 0 N–H and O–H groups in total. The number of isocyanates is 2. The van der Waals surface area contributed by atoms with E-state index in [2.05, 4.69) is 9.98 Å². The maximum absolute atomic E-state index is 10.4. The van der Waals surface area contributed by atoms with Crippen LogP contribution in [0.15, 0.2) is 33.4 Å². The number of allylic oxidation sites excluding steroid dienone is 1. The highest BCUT2D eigenvalue weighted by Crippen LogP contribution is 2.35. The molecule has 0 aromatic heterocycles. The van der Waals surface area contributed by atoms with Gasteiger partial charge in [-0.1, -0.05) is 13.0 Å². The summed E-state index contributed by atoms with van der Waals surface area (Å²) in [5.74, 6) is -0.00366. The molecule has 0 saturated carbocycles. The molecule has 0 fully saturated rings. The van der Waals surface area contributed by atoms with Crippen molar-refractivity contribution in [3.8, 4) is 0 Å². The van der Waals surface area contributed by atoms with Crippen molar-refractivity contribution in [2.24, 2.45) is 15.9 Å². The Hall–Kier alpha value is -1.76. The van der Waals surface area contributed by atoms with Gasteiger partial charge in [-0.15, -0.1) is 0 Å². The molecule has 0 aromatic carbocycles. The van der Waals surface area contributed by atoms with Crippen LogP contribution in [0.2, 0.25) is 0 Å². The molecule has 2 unspecified atom stereocenters. The van der Waals surface area contributed by atoms with Crippen molar-refractivity contribution >= 4 is 12.2 Å². The van der Waals surface area contributed by atoms with Gasteiger partial charge in [0, 0.05) is 5.92 Å². The molecular formula is C11H12N2O2. The van der Waals surface area contributed by atoms with Crippen molar-refractivity contribution in [3.63, 3.8) is 0 Å². The van der Waals surface area contributed by atoms with Gasteiger partial charge in [0.2, 0.25) is 12.2 Å². The summed E-state index contributed by atoms with van der Waals surface area (Å²) in [6.07, 6.45) is 6.59. The lowest BCUT2D eigenvalue weighted by Crippen LogP contribution is -2.33. The van der Waals surface area contributed by atoms with Crippen molar-refractivity contribution in [2.45, 2.75) is 26.3 Å². The molecule has 0 amide bonds. The Labute approximate surface area is 88.1 Å². The highest BCUT2D eigenvalue weighted by molar-refractivity contribution is 5.46. The number of nitrogens with zero attached hydrogens (tertiary/aromatic N) is 2. The van der Waals surface area contributed by atoms with E-state index in [0.717, 1.165) is 5.57 Å². The van der Waals surface area contributed by atoms with Crippen molar-refractivity contribution in [1.29, 1.82) is 0 Å². The van der Waals surface area contributed by atoms with Gasteiger partial charge in [0.05, 0.1) is 11.2 Å². The Balaban J connectivity index is 3.19. The molecule has 0 aromatic rings. The molecule has 0 aliphatic heterocycles. The lowest BCUT2D eigenvalue weighted by Gasteiger charge is -2.32. The normalized spacial score (nSPS) is 29.4. The second-order valence-corrected chi connectivity index (χ2v) is 3.76. The van der Waals surface area contributed by atoms with Crippen molar-refractivity contribution in [1.82, 2.24) is 0 Å². The quantitative estimate of drug-likeness (QED) is 0.509. The first kappa shape index (κ1) is 11.3. The smallest absolute Gasteiger partial charge is 0.211 e. The molecule has 1 aliphatic carbocycles. The summed E-state index contributed by atoms with van der Waals surface area (Å²) in [6.45, 7) is 5.62. The van der Waals surface area contributed by atoms with Crippen LogP contribution in [0.5, 0.6) is 0 Å². The highest BCUT2D eigenvalue weighted by atomic mass is 16.1. The zero-order valence-electron chi connectivity index (χ0n) is 8.94. The minimum Gasteiger partial charge on any atom is -0.211 e. The fourth-order valence-electron chi connectivity index (χ4n) is 1.60. The lowest BCUT2D eigenvalue weighted by molar-refractivity contribution is 0.424. The van der Waals surface area contributed by atoms with Crippen LogP contribution in [0.25, 0.3) is 0 Å². The van der Waals surface area contributed by atoms with Crippen LogP contribution in [0.3, 0.4) is 0 Å². The van der Waals surface area contributed by atoms with E-state index in [1.807, 2.05) is 20.8 Å². The molecule has 0 spiro atoms. The van der Waals surface area contributed by atoms with Crippen molar-refractivity contribution < 1.29 is 9.59 Å². The molecule has 0 heterocycles. The van der Waals surface area contributed by atoms with Crippen LogP contribution in [-0.2, 0) is 9.59 Å². The van der Waals surface area contributed by atoms with Crippen molar-refractivity contribution in [3.05, 3.63) is 23.4 Å². The summed E-state index contributed by atoms with van der Waals surface area (Å²) in [6, 6.07) is 0. The number of rotatable bonds is 2. The van der Waals surface area contributed by atoms with Crippen LogP contribution < -0.4 is 0 Å². The van der Waals surface area contributed by atoms with Crippen LogP contribution in [0, 0.1) is 5.92 Å². The minimum absolute atomic E-state index is 0.00366. The average Bonchev–Trinajstić information content (AvgIpc) is 2.16. The summed E-state index contributed by atoms with van der Waals surface area (Å²) in [4.78, 5) is 27.8. The Morgan fingerprint density at radius 3 is 2.53 bits per heavy atom. The van der Waals surface area contributed by atoms with Gasteiger partial charge in [0.15, 0.2) is 0 Å². The zero-order valence-corrected chi connectivity index (χ0v) is 8.94. The third-order valence-electron chi connectivity index (χ3n) is 2.92. The minimum atomic E-state index is -0.580. The van der Waals surface area contributed by atoms with E-state index >= 15 is 0 Å². The summed E-state index contributed by atoms with van der Waals surface area (Å²) in [7, 11) is 0. The Morgan fingerprint density at radius 2 is 2.07 bits per heavy atom. The van der Waals surface area contributed by atoms with Crippen molar-refractivity contribution in [2.75, 3.05) is 0 Å². The van der Waals surface area contributed by atoms with Gasteiger partial charge in [0.25, 0.3) is 0 Å². The van der Waals surface area contributed by atoms with Gasteiger partial charge >= 0.3 is 0 Å².